The van der Waals surface area contributed by atoms with E-state index in [0.717, 1.165) is 20.8 Å². The molecule has 5 atom stereocenters. The average Bonchev–Trinajstić information content (AvgIpc) is 2.74. The van der Waals surface area contributed by atoms with Crippen LogP contribution < -0.4 is 5.73 Å². The lowest BCUT2D eigenvalue weighted by Gasteiger charge is -2.44. The van der Waals surface area contributed by atoms with Gasteiger partial charge in [0.1, 0.15) is 18.8 Å². The van der Waals surface area contributed by atoms with E-state index in [1.807, 2.05) is 0 Å². The lowest BCUT2D eigenvalue weighted by Crippen LogP contribution is -2.62. The highest BCUT2D eigenvalue weighted by molar-refractivity contribution is 5.94. The molecule has 1 heterocycles. The van der Waals surface area contributed by atoms with Gasteiger partial charge in [0.2, 0.25) is 0 Å². The molecule has 0 saturated carbocycles. The second-order valence-electron chi connectivity index (χ2n) is 7.91. The third kappa shape index (κ3) is 8.85. The van der Waals surface area contributed by atoms with E-state index in [9.17, 15) is 24.0 Å². The van der Waals surface area contributed by atoms with E-state index in [-0.39, 0.29) is 13.0 Å². The summed E-state index contributed by atoms with van der Waals surface area (Å²) in [6.07, 6.45) is -3.48. The molecule has 1 aliphatic rings. The van der Waals surface area contributed by atoms with Gasteiger partial charge in [-0.3, -0.25) is 24.0 Å². The molecular weight excluding hydrogens is 462 g/mol. The summed E-state index contributed by atoms with van der Waals surface area (Å²) in [6, 6.07) is 6.88. The summed E-state index contributed by atoms with van der Waals surface area (Å²) in [5, 5.41) is 0. The lowest BCUT2D eigenvalue weighted by atomic mass is 9.91. The van der Waals surface area contributed by atoms with E-state index < -0.39 is 60.2 Å². The van der Waals surface area contributed by atoms with Crippen LogP contribution in [0.15, 0.2) is 30.3 Å². The molecule has 0 radical (unpaired) electrons. The molecule has 2 N–H and O–H groups in total. The molecule has 0 amide bonds. The van der Waals surface area contributed by atoms with Crippen molar-refractivity contribution in [1.29, 1.82) is 0 Å². The van der Waals surface area contributed by atoms with Crippen molar-refractivity contribution < 1.29 is 47.7 Å². The van der Waals surface area contributed by atoms with Crippen molar-refractivity contribution >= 4 is 41.4 Å². The number of hydrogen-bond acceptors (Lipinski definition) is 11. The van der Waals surface area contributed by atoms with Gasteiger partial charge in [-0.1, -0.05) is 18.2 Å². The molecule has 0 aromatic heterocycles. The number of ketones is 1. The van der Waals surface area contributed by atoms with Crippen LogP contribution in [0.2, 0.25) is 0 Å². The normalized spacial score (nSPS) is 23.8. The van der Waals surface area contributed by atoms with Crippen molar-refractivity contribution in [3.63, 3.8) is 0 Å². The molecule has 35 heavy (non-hydrogen) atoms. The van der Waals surface area contributed by atoms with Gasteiger partial charge in [-0.2, -0.15) is 0 Å². The number of anilines is 1. The lowest BCUT2D eigenvalue weighted by molar-refractivity contribution is -0.252. The van der Waals surface area contributed by atoms with Crippen LogP contribution in [-0.2, 0) is 47.7 Å². The van der Waals surface area contributed by atoms with Crippen LogP contribution in [0.5, 0.6) is 0 Å². The van der Waals surface area contributed by atoms with E-state index in [1.54, 1.807) is 30.3 Å². The van der Waals surface area contributed by atoms with Crippen LogP contribution in [0.25, 0.3) is 6.08 Å². The fourth-order valence-electron chi connectivity index (χ4n) is 3.60. The summed E-state index contributed by atoms with van der Waals surface area (Å²) >= 11 is 0. The monoisotopic (exact) mass is 491 g/mol. The Hall–Kier alpha value is -3.73. The van der Waals surface area contributed by atoms with E-state index in [0.29, 0.717) is 11.3 Å². The van der Waals surface area contributed by atoms with Crippen molar-refractivity contribution in [2.24, 2.45) is 0 Å². The van der Waals surface area contributed by atoms with Gasteiger partial charge in [0.05, 0.1) is 0 Å². The van der Waals surface area contributed by atoms with Crippen molar-refractivity contribution in [2.45, 2.75) is 64.6 Å². The molecule has 0 unspecified atom stereocenters. The number of ether oxygens (including phenoxy) is 5. The summed E-state index contributed by atoms with van der Waals surface area (Å²) in [6.45, 7) is 4.21. The number of allylic oxidation sites excluding steroid dienone is 1. The molecule has 190 valence electrons. The van der Waals surface area contributed by atoms with Gasteiger partial charge in [-0.05, 0) is 23.8 Å². The summed E-state index contributed by atoms with van der Waals surface area (Å²) < 4.78 is 26.9. The first kappa shape index (κ1) is 27.5. The second kappa shape index (κ2) is 12.7. The van der Waals surface area contributed by atoms with Crippen LogP contribution >= 0.6 is 0 Å². The topological polar surface area (TPSA) is 158 Å². The minimum absolute atomic E-state index is 0.280. The molecule has 0 spiro atoms. The van der Waals surface area contributed by atoms with Crippen LogP contribution in [0, 0.1) is 0 Å². The zero-order valence-electron chi connectivity index (χ0n) is 19.9. The Labute approximate surface area is 202 Å². The average molecular weight is 491 g/mol. The molecule has 1 aromatic rings. The van der Waals surface area contributed by atoms with E-state index in [2.05, 4.69) is 0 Å². The quantitative estimate of drug-likeness (QED) is 0.230. The number of carbonyl (C=O) groups excluding carboxylic acids is 5. The Kier molecular flexibility index (Phi) is 9.95. The fourth-order valence-corrected chi connectivity index (χ4v) is 3.60. The molecule has 1 saturated heterocycles. The van der Waals surface area contributed by atoms with Gasteiger partial charge in [-0.25, -0.2) is 0 Å². The standard InChI is InChI=1S/C24H29NO10/c1-13(26)31-12-21-23(33-15(3)28)24(34-16(4)29)22(32-14(2)27)20(35-21)11-19(30)9-8-17-6-5-7-18(25)10-17/h5-10,20-24H,11-12,25H2,1-4H3/b9-8+/t20-,21+,22-,23+,24+/m0/s1. The van der Waals surface area contributed by atoms with Gasteiger partial charge in [-0.15, -0.1) is 0 Å². The highest BCUT2D eigenvalue weighted by Crippen LogP contribution is 2.31. The third-order valence-corrected chi connectivity index (χ3v) is 4.86. The largest absolute Gasteiger partial charge is 0.463 e. The van der Waals surface area contributed by atoms with Gasteiger partial charge < -0.3 is 29.4 Å². The molecule has 0 bridgehead atoms. The predicted octanol–water partition coefficient (Wildman–Crippen LogP) is 1.37. The summed E-state index contributed by atoms with van der Waals surface area (Å²) in [5.41, 5.74) is 6.97. The number of rotatable bonds is 9. The molecule has 1 aromatic carbocycles. The van der Waals surface area contributed by atoms with Crippen LogP contribution in [-0.4, -0.2) is 66.8 Å². The number of hydrogen-bond donors (Lipinski definition) is 1. The summed E-state index contributed by atoms with van der Waals surface area (Å²) in [4.78, 5) is 59.6. The van der Waals surface area contributed by atoms with Crippen LogP contribution in [0.4, 0.5) is 5.69 Å². The number of nitrogens with two attached hydrogens (primary N) is 1. The molecule has 2 rings (SSSR count). The summed E-state index contributed by atoms with van der Waals surface area (Å²) in [5.74, 6) is -3.23. The zero-order valence-corrected chi connectivity index (χ0v) is 19.9. The van der Waals surface area contributed by atoms with Crippen LogP contribution in [0.1, 0.15) is 39.7 Å². The minimum Gasteiger partial charge on any atom is -0.463 e. The predicted molar refractivity (Wildman–Crippen MR) is 121 cm³/mol. The molecular formula is C24H29NO10. The maximum Gasteiger partial charge on any atom is 0.303 e. The number of benzene rings is 1. The van der Waals surface area contributed by atoms with E-state index in [1.165, 1.54) is 13.0 Å². The highest BCUT2D eigenvalue weighted by atomic mass is 16.7. The highest BCUT2D eigenvalue weighted by Gasteiger charge is 2.52. The molecule has 11 nitrogen and oxygen atoms in total. The number of carbonyl (C=O) groups is 5. The number of nitrogen functional groups attached to an aromatic ring is 1. The van der Waals surface area contributed by atoms with Gasteiger partial charge >= 0.3 is 23.9 Å². The van der Waals surface area contributed by atoms with E-state index >= 15 is 0 Å². The Morgan fingerprint density at radius 3 is 1.97 bits per heavy atom. The maximum absolute atomic E-state index is 12.7. The first-order valence-electron chi connectivity index (χ1n) is 10.8. The minimum atomic E-state index is -1.31. The van der Waals surface area contributed by atoms with Gasteiger partial charge in [0.15, 0.2) is 24.1 Å². The van der Waals surface area contributed by atoms with Crippen molar-refractivity contribution in [2.75, 3.05) is 12.3 Å². The fraction of sp³-hybridized carbons (Fsp3) is 0.458. The Bertz CT molecular complexity index is 988. The first-order chi connectivity index (χ1) is 16.5. The van der Waals surface area contributed by atoms with Crippen molar-refractivity contribution in [3.8, 4) is 0 Å². The summed E-state index contributed by atoms with van der Waals surface area (Å²) in [7, 11) is 0. The maximum atomic E-state index is 12.7. The molecule has 1 aliphatic heterocycles. The Balaban J connectivity index is 2.36. The van der Waals surface area contributed by atoms with Crippen LogP contribution in [0.3, 0.4) is 0 Å². The zero-order chi connectivity index (χ0) is 26.1. The smallest absolute Gasteiger partial charge is 0.303 e. The Morgan fingerprint density at radius 2 is 1.43 bits per heavy atom. The second-order valence-corrected chi connectivity index (χ2v) is 7.91. The molecule has 11 heteroatoms. The third-order valence-electron chi connectivity index (χ3n) is 4.86. The van der Waals surface area contributed by atoms with Gasteiger partial charge in [0.25, 0.3) is 0 Å². The number of esters is 4. The van der Waals surface area contributed by atoms with Gasteiger partial charge in [0, 0.05) is 39.8 Å². The van der Waals surface area contributed by atoms with Crippen molar-refractivity contribution in [3.05, 3.63) is 35.9 Å². The Morgan fingerprint density at radius 1 is 0.857 bits per heavy atom. The SMILES string of the molecule is CC(=O)OC[C@H]1O[C@@H](CC(=O)/C=C/c2cccc(N)c2)[C@H](OC(C)=O)[C@@H](OC(C)=O)[C@@H]1OC(C)=O. The molecule has 1 fully saturated rings. The van der Waals surface area contributed by atoms with E-state index in [4.69, 9.17) is 29.4 Å². The van der Waals surface area contributed by atoms with Crippen molar-refractivity contribution in [1.82, 2.24) is 0 Å². The first-order valence-corrected chi connectivity index (χ1v) is 10.8. The molecule has 0 aliphatic carbocycles.